The fraction of sp³-hybridized carbons (Fsp3) is 0.462. The topological polar surface area (TPSA) is 89.3 Å². The minimum absolute atomic E-state index is 0.00303. The van der Waals surface area contributed by atoms with Crippen molar-refractivity contribution in [2.45, 2.75) is 38.1 Å². The molecule has 1 aromatic rings. The molecule has 2 rings (SSSR count). The van der Waals surface area contributed by atoms with E-state index < -0.39 is 21.7 Å². The molecule has 5 nitrogen and oxygen atoms in total. The molecule has 1 amide bonds. The molecular weight excluding hydrogens is 283 g/mol. The first-order valence-electron chi connectivity index (χ1n) is 6.16. The van der Waals surface area contributed by atoms with E-state index in [4.69, 9.17) is 5.14 Å². The van der Waals surface area contributed by atoms with Crippen molar-refractivity contribution in [2.75, 3.05) is 0 Å². The van der Waals surface area contributed by atoms with Gasteiger partial charge < -0.3 is 5.32 Å². The smallest absolute Gasteiger partial charge is 0.251 e. The Hall–Kier alpha value is -1.47. The van der Waals surface area contributed by atoms with Crippen molar-refractivity contribution < 1.29 is 17.6 Å². The second-order valence-corrected chi connectivity index (χ2v) is 7.37. The molecule has 1 aliphatic carbocycles. The predicted octanol–water partition coefficient (Wildman–Crippen LogP) is 1.31. The Morgan fingerprint density at radius 3 is 2.45 bits per heavy atom. The van der Waals surface area contributed by atoms with Crippen molar-refractivity contribution in [3.8, 4) is 0 Å². The molecule has 0 saturated heterocycles. The standard InChI is InChI=1S/C13H17FN2O3S/c1-7-9(12(17)16-11-6-13(11,2)3)4-8(14)5-10(7)20(15,18)19/h4-5,11H,6H2,1-3H3,(H,16,17)(H2,15,18,19). The Labute approximate surface area is 117 Å². The van der Waals surface area contributed by atoms with Crippen molar-refractivity contribution in [1.29, 1.82) is 0 Å². The largest absolute Gasteiger partial charge is 0.349 e. The van der Waals surface area contributed by atoms with Gasteiger partial charge in [-0.15, -0.1) is 0 Å². The van der Waals surface area contributed by atoms with Gasteiger partial charge in [0, 0.05) is 11.6 Å². The third-order valence-corrected chi connectivity index (χ3v) is 4.73. The summed E-state index contributed by atoms with van der Waals surface area (Å²) < 4.78 is 36.3. The van der Waals surface area contributed by atoms with Gasteiger partial charge in [0.05, 0.1) is 4.90 Å². The van der Waals surface area contributed by atoms with Crippen LogP contribution in [0.1, 0.15) is 36.2 Å². The van der Waals surface area contributed by atoms with Crippen molar-refractivity contribution in [2.24, 2.45) is 10.6 Å². The maximum atomic E-state index is 13.5. The van der Waals surface area contributed by atoms with Crippen LogP contribution >= 0.6 is 0 Å². The summed E-state index contributed by atoms with van der Waals surface area (Å²) in [5, 5.41) is 7.79. The lowest BCUT2D eigenvalue weighted by atomic mass is 10.1. The van der Waals surface area contributed by atoms with Crippen LogP contribution in [0.4, 0.5) is 4.39 Å². The third-order valence-electron chi connectivity index (χ3n) is 3.69. The maximum Gasteiger partial charge on any atom is 0.251 e. The number of hydrogen-bond acceptors (Lipinski definition) is 3. The van der Waals surface area contributed by atoms with Gasteiger partial charge in [-0.05, 0) is 36.5 Å². The van der Waals surface area contributed by atoms with Crippen molar-refractivity contribution in [3.05, 3.63) is 29.1 Å². The van der Waals surface area contributed by atoms with E-state index >= 15 is 0 Å². The normalized spacial score (nSPS) is 20.6. The highest BCUT2D eigenvalue weighted by Gasteiger charge is 2.46. The Morgan fingerprint density at radius 1 is 1.45 bits per heavy atom. The zero-order chi connectivity index (χ0) is 15.3. The minimum Gasteiger partial charge on any atom is -0.349 e. The highest BCUT2D eigenvalue weighted by atomic mass is 32.2. The predicted molar refractivity (Wildman–Crippen MR) is 72.2 cm³/mol. The molecule has 7 heteroatoms. The SMILES string of the molecule is Cc1c(C(=O)NC2CC2(C)C)cc(F)cc1S(N)(=O)=O. The second-order valence-electron chi connectivity index (χ2n) is 5.84. The molecule has 1 atom stereocenters. The van der Waals surface area contributed by atoms with E-state index in [0.29, 0.717) is 0 Å². The van der Waals surface area contributed by atoms with Gasteiger partial charge in [0.15, 0.2) is 0 Å². The van der Waals surface area contributed by atoms with Gasteiger partial charge in [0.1, 0.15) is 5.82 Å². The summed E-state index contributed by atoms with van der Waals surface area (Å²) in [4.78, 5) is 11.8. The number of nitrogens with two attached hydrogens (primary N) is 1. The summed E-state index contributed by atoms with van der Waals surface area (Å²) in [6.07, 6.45) is 0.842. The van der Waals surface area contributed by atoms with Crippen LogP contribution in [0.25, 0.3) is 0 Å². The quantitative estimate of drug-likeness (QED) is 0.882. The van der Waals surface area contributed by atoms with Gasteiger partial charge in [-0.1, -0.05) is 13.8 Å². The van der Waals surface area contributed by atoms with E-state index in [0.717, 1.165) is 18.6 Å². The van der Waals surface area contributed by atoms with Gasteiger partial charge in [0.2, 0.25) is 10.0 Å². The van der Waals surface area contributed by atoms with Crippen LogP contribution in [0.15, 0.2) is 17.0 Å². The molecule has 0 radical (unpaired) electrons. The van der Waals surface area contributed by atoms with E-state index in [1.165, 1.54) is 6.92 Å². The summed E-state index contributed by atoms with van der Waals surface area (Å²) in [6, 6.07) is 1.87. The summed E-state index contributed by atoms with van der Waals surface area (Å²) in [5.74, 6) is -1.29. The Morgan fingerprint density at radius 2 is 2.00 bits per heavy atom. The molecule has 20 heavy (non-hydrogen) atoms. The van der Waals surface area contributed by atoms with E-state index in [1.807, 2.05) is 13.8 Å². The van der Waals surface area contributed by atoms with Gasteiger partial charge in [-0.3, -0.25) is 4.79 Å². The maximum absolute atomic E-state index is 13.5. The molecule has 0 aliphatic heterocycles. The first-order valence-corrected chi connectivity index (χ1v) is 7.71. The molecule has 110 valence electrons. The summed E-state index contributed by atoms with van der Waals surface area (Å²) in [7, 11) is -4.07. The fourth-order valence-corrected chi connectivity index (χ4v) is 2.95. The van der Waals surface area contributed by atoms with Gasteiger partial charge in [0.25, 0.3) is 5.91 Å². The van der Waals surface area contributed by atoms with Crippen LogP contribution in [0, 0.1) is 18.2 Å². The van der Waals surface area contributed by atoms with Crippen LogP contribution in [-0.4, -0.2) is 20.4 Å². The zero-order valence-electron chi connectivity index (χ0n) is 11.5. The van der Waals surface area contributed by atoms with Gasteiger partial charge >= 0.3 is 0 Å². The van der Waals surface area contributed by atoms with Crippen LogP contribution in [0.3, 0.4) is 0 Å². The van der Waals surface area contributed by atoms with E-state index in [-0.39, 0.29) is 27.5 Å². The molecule has 1 fully saturated rings. The highest BCUT2D eigenvalue weighted by molar-refractivity contribution is 7.89. The monoisotopic (exact) mass is 300 g/mol. The fourth-order valence-electron chi connectivity index (χ4n) is 2.13. The highest BCUT2D eigenvalue weighted by Crippen LogP contribution is 2.44. The van der Waals surface area contributed by atoms with Crippen LogP contribution in [-0.2, 0) is 10.0 Å². The third kappa shape index (κ3) is 2.83. The average molecular weight is 300 g/mol. The number of carbonyl (C=O) groups excluding carboxylic acids is 1. The van der Waals surface area contributed by atoms with E-state index in [2.05, 4.69) is 5.32 Å². The minimum atomic E-state index is -4.07. The summed E-state index contributed by atoms with van der Waals surface area (Å²) >= 11 is 0. The number of hydrogen-bond donors (Lipinski definition) is 2. The molecule has 1 aliphatic rings. The van der Waals surface area contributed by atoms with E-state index in [1.54, 1.807) is 0 Å². The Bertz CT molecular complexity index is 683. The lowest BCUT2D eigenvalue weighted by Gasteiger charge is -2.12. The molecule has 3 N–H and O–H groups in total. The molecule has 0 heterocycles. The van der Waals surface area contributed by atoms with Crippen molar-refractivity contribution in [1.82, 2.24) is 5.32 Å². The lowest BCUT2D eigenvalue weighted by molar-refractivity contribution is 0.0945. The second kappa shape index (κ2) is 4.53. The number of nitrogens with one attached hydrogen (secondary N) is 1. The molecule has 0 bridgehead atoms. The Kier molecular flexibility index (Phi) is 3.38. The molecule has 0 aromatic heterocycles. The first-order chi connectivity index (χ1) is 9.02. The number of rotatable bonds is 3. The molecule has 1 saturated carbocycles. The van der Waals surface area contributed by atoms with Crippen LogP contribution in [0.5, 0.6) is 0 Å². The number of halogens is 1. The first kappa shape index (κ1) is 14.9. The number of benzene rings is 1. The van der Waals surface area contributed by atoms with Crippen LogP contribution < -0.4 is 10.5 Å². The van der Waals surface area contributed by atoms with E-state index in [9.17, 15) is 17.6 Å². The van der Waals surface area contributed by atoms with Gasteiger partial charge in [-0.2, -0.15) is 0 Å². The number of sulfonamides is 1. The molecule has 1 unspecified atom stereocenters. The number of amides is 1. The summed E-state index contributed by atoms with van der Waals surface area (Å²) in [5.41, 5.74) is 0.182. The van der Waals surface area contributed by atoms with Gasteiger partial charge in [-0.25, -0.2) is 17.9 Å². The Balaban J connectivity index is 2.37. The molecule has 0 spiro atoms. The number of primary sulfonamides is 1. The number of carbonyl (C=O) groups is 1. The average Bonchev–Trinajstić information content (AvgIpc) is 2.87. The van der Waals surface area contributed by atoms with Crippen molar-refractivity contribution >= 4 is 15.9 Å². The van der Waals surface area contributed by atoms with Crippen LogP contribution in [0.2, 0.25) is 0 Å². The molecular formula is C13H17FN2O3S. The summed E-state index contributed by atoms with van der Waals surface area (Å²) in [6.45, 7) is 5.45. The lowest BCUT2D eigenvalue weighted by Crippen LogP contribution is -2.29. The zero-order valence-corrected chi connectivity index (χ0v) is 12.3. The van der Waals surface area contributed by atoms with Crippen molar-refractivity contribution in [3.63, 3.8) is 0 Å². The molecule has 1 aromatic carbocycles.